The largest absolute Gasteiger partial charge is 0.497 e. The molecule has 0 aliphatic carbocycles. The molecule has 12 heteroatoms. The number of carbonyl (C=O) groups is 2. The summed E-state index contributed by atoms with van der Waals surface area (Å²) in [4.78, 5) is 39.2. The van der Waals surface area contributed by atoms with Crippen LogP contribution >= 0.6 is 0 Å². The van der Waals surface area contributed by atoms with Crippen LogP contribution in [0.25, 0.3) is 0 Å². The number of nitro benzene ring substituents is 1. The van der Waals surface area contributed by atoms with Crippen LogP contribution in [0.15, 0.2) is 71.6 Å². The Morgan fingerprint density at radius 2 is 1.67 bits per heavy atom. The highest BCUT2D eigenvalue weighted by Crippen LogP contribution is 2.29. The van der Waals surface area contributed by atoms with E-state index in [0.717, 1.165) is 21.5 Å². The summed E-state index contributed by atoms with van der Waals surface area (Å²) in [5, 5.41) is 14.5. The first kappa shape index (κ1) is 33.1. The molecule has 0 aliphatic rings. The maximum Gasteiger partial charge on any atom is 0.273 e. The van der Waals surface area contributed by atoms with Gasteiger partial charge in [0.25, 0.3) is 15.7 Å². The van der Waals surface area contributed by atoms with Crippen molar-refractivity contribution in [3.05, 3.63) is 93.5 Å². The normalized spacial score (nSPS) is 12.3. The summed E-state index contributed by atoms with van der Waals surface area (Å²) in [6.07, 6.45) is 0. The van der Waals surface area contributed by atoms with Crippen molar-refractivity contribution < 1.29 is 27.7 Å². The number of carbonyl (C=O) groups excluding carboxylic acids is 2. The molecule has 0 aliphatic heterocycles. The minimum Gasteiger partial charge on any atom is -0.497 e. The molecule has 0 unspecified atom stereocenters. The monoisotopic (exact) mass is 610 g/mol. The van der Waals surface area contributed by atoms with Crippen molar-refractivity contribution in [2.75, 3.05) is 18.0 Å². The van der Waals surface area contributed by atoms with Crippen molar-refractivity contribution in [3.63, 3.8) is 0 Å². The van der Waals surface area contributed by atoms with Crippen molar-refractivity contribution in [3.8, 4) is 5.75 Å². The fourth-order valence-corrected chi connectivity index (χ4v) is 5.85. The summed E-state index contributed by atoms with van der Waals surface area (Å²) in [6.45, 7) is 9.84. The van der Waals surface area contributed by atoms with Gasteiger partial charge < -0.3 is 15.0 Å². The second-order valence-corrected chi connectivity index (χ2v) is 13.2. The number of rotatable bonds is 11. The van der Waals surface area contributed by atoms with Crippen molar-refractivity contribution in [2.45, 2.75) is 64.6 Å². The number of amides is 2. The van der Waals surface area contributed by atoms with Crippen LogP contribution in [0, 0.1) is 24.0 Å². The van der Waals surface area contributed by atoms with Gasteiger partial charge in [0.05, 0.1) is 22.6 Å². The molecule has 2 amide bonds. The average Bonchev–Trinajstić information content (AvgIpc) is 2.93. The van der Waals surface area contributed by atoms with Gasteiger partial charge in [0.15, 0.2) is 0 Å². The maximum absolute atomic E-state index is 14.1. The first-order chi connectivity index (χ1) is 20.0. The lowest BCUT2D eigenvalue weighted by Gasteiger charge is -2.33. The molecule has 1 atom stereocenters. The van der Waals surface area contributed by atoms with Gasteiger partial charge >= 0.3 is 0 Å². The fraction of sp³-hybridized carbons (Fsp3) is 0.355. The highest BCUT2D eigenvalue weighted by Gasteiger charge is 2.34. The van der Waals surface area contributed by atoms with Gasteiger partial charge in [-0.3, -0.25) is 24.0 Å². The number of ether oxygens (including phenoxy) is 1. The van der Waals surface area contributed by atoms with E-state index in [1.165, 1.54) is 43.2 Å². The van der Waals surface area contributed by atoms with E-state index in [9.17, 15) is 28.1 Å². The number of anilines is 1. The molecule has 0 heterocycles. The molecular formula is C31H38N4O7S. The van der Waals surface area contributed by atoms with Crippen molar-refractivity contribution >= 4 is 33.2 Å². The van der Waals surface area contributed by atoms with Crippen molar-refractivity contribution in [1.82, 2.24) is 10.2 Å². The van der Waals surface area contributed by atoms with E-state index in [4.69, 9.17) is 4.74 Å². The molecule has 0 spiro atoms. The minimum absolute atomic E-state index is 0.0474. The summed E-state index contributed by atoms with van der Waals surface area (Å²) in [7, 11) is -3.03. The van der Waals surface area contributed by atoms with Crippen molar-refractivity contribution in [1.29, 1.82) is 0 Å². The van der Waals surface area contributed by atoms with Crippen molar-refractivity contribution in [2.24, 2.45) is 0 Å². The first-order valence-electron chi connectivity index (χ1n) is 13.6. The fourth-order valence-electron chi connectivity index (χ4n) is 4.41. The third kappa shape index (κ3) is 8.31. The van der Waals surface area contributed by atoms with Crippen LogP contribution in [0.1, 0.15) is 44.4 Å². The molecule has 0 aromatic heterocycles. The SMILES string of the molecule is COc1ccc(N(CC(=O)N(Cc2cccc(C)c2)[C@H](C)C(=O)NC(C)(C)C)S(=O)(=O)c2ccc(C)c([N+](=O)[O-])c2)cc1. The highest BCUT2D eigenvalue weighted by atomic mass is 32.2. The Kier molecular flexibility index (Phi) is 10.2. The Bertz CT molecular complexity index is 1600. The van der Waals surface area contributed by atoms with E-state index in [2.05, 4.69) is 5.32 Å². The van der Waals surface area contributed by atoms with E-state index in [-0.39, 0.29) is 22.8 Å². The quantitative estimate of drug-likeness (QED) is 0.244. The number of nitrogens with one attached hydrogen (secondary N) is 1. The van der Waals surface area contributed by atoms with E-state index >= 15 is 0 Å². The molecule has 3 aromatic carbocycles. The van der Waals surface area contributed by atoms with Gasteiger partial charge in [-0.15, -0.1) is 0 Å². The van der Waals surface area contributed by atoms with Gasteiger partial charge in [0, 0.05) is 23.7 Å². The van der Waals surface area contributed by atoms with Gasteiger partial charge in [-0.05, 0) is 77.4 Å². The predicted octanol–water partition coefficient (Wildman–Crippen LogP) is 4.75. The zero-order valence-corrected chi connectivity index (χ0v) is 26.3. The van der Waals surface area contributed by atoms with Crippen LogP contribution in [0.5, 0.6) is 5.75 Å². The molecule has 0 saturated carbocycles. The zero-order valence-electron chi connectivity index (χ0n) is 25.5. The van der Waals surface area contributed by atoms with E-state index in [1.54, 1.807) is 19.1 Å². The Morgan fingerprint density at radius 1 is 1.02 bits per heavy atom. The predicted molar refractivity (Wildman–Crippen MR) is 164 cm³/mol. The molecule has 1 N–H and O–H groups in total. The van der Waals surface area contributed by atoms with E-state index in [1.807, 2.05) is 52.0 Å². The third-order valence-electron chi connectivity index (χ3n) is 6.71. The van der Waals surface area contributed by atoms with Crippen LogP contribution in [0.4, 0.5) is 11.4 Å². The van der Waals surface area contributed by atoms with Gasteiger partial charge in [0.2, 0.25) is 11.8 Å². The number of sulfonamides is 1. The Morgan fingerprint density at radius 3 is 2.23 bits per heavy atom. The first-order valence-corrected chi connectivity index (χ1v) is 15.1. The maximum atomic E-state index is 14.1. The lowest BCUT2D eigenvalue weighted by molar-refractivity contribution is -0.385. The molecule has 0 saturated heterocycles. The average molecular weight is 611 g/mol. The smallest absolute Gasteiger partial charge is 0.273 e. The molecular weight excluding hydrogens is 572 g/mol. The number of aryl methyl sites for hydroxylation is 2. The van der Waals surface area contributed by atoms with Gasteiger partial charge in [0.1, 0.15) is 18.3 Å². The molecule has 3 rings (SSSR count). The number of nitrogens with zero attached hydrogens (tertiary/aromatic N) is 3. The number of methoxy groups -OCH3 is 1. The second kappa shape index (κ2) is 13.2. The lowest BCUT2D eigenvalue weighted by atomic mass is 10.1. The van der Waals surface area contributed by atoms with Crippen LogP contribution in [0.2, 0.25) is 0 Å². The van der Waals surface area contributed by atoms with E-state index in [0.29, 0.717) is 11.3 Å². The number of hydrogen-bond acceptors (Lipinski definition) is 7. The van der Waals surface area contributed by atoms with Crippen LogP contribution < -0.4 is 14.4 Å². The Labute approximate surface area is 252 Å². The standard InChI is InChI=1S/C31H38N4O7S/c1-21-9-8-10-24(17-21)19-33(23(3)30(37)32-31(4,5)6)29(36)20-34(25-12-14-26(42-7)15-13-25)43(40,41)27-16-11-22(2)28(18-27)35(38)39/h8-18,23H,19-20H2,1-7H3,(H,32,37)/t23-/m1/s1. The lowest BCUT2D eigenvalue weighted by Crippen LogP contribution is -2.54. The summed E-state index contributed by atoms with van der Waals surface area (Å²) >= 11 is 0. The molecule has 0 fully saturated rings. The molecule has 3 aromatic rings. The number of hydrogen-bond donors (Lipinski definition) is 1. The molecule has 0 bridgehead atoms. The summed E-state index contributed by atoms with van der Waals surface area (Å²) < 4.78 is 34.2. The summed E-state index contributed by atoms with van der Waals surface area (Å²) in [6, 6.07) is 16.2. The van der Waals surface area contributed by atoms with E-state index < -0.39 is 44.9 Å². The highest BCUT2D eigenvalue weighted by molar-refractivity contribution is 7.92. The Balaban J connectivity index is 2.10. The van der Waals surface area contributed by atoms with Crippen LogP contribution in [-0.2, 0) is 26.2 Å². The number of benzene rings is 3. The summed E-state index contributed by atoms with van der Waals surface area (Å²) in [5.41, 5.74) is 1.22. The molecule has 0 radical (unpaired) electrons. The van der Waals surface area contributed by atoms with Crippen LogP contribution in [-0.4, -0.2) is 55.3 Å². The molecule has 11 nitrogen and oxygen atoms in total. The van der Waals surface area contributed by atoms with Gasteiger partial charge in [-0.1, -0.05) is 35.9 Å². The second-order valence-electron chi connectivity index (χ2n) is 11.3. The number of nitro groups is 1. The minimum atomic E-state index is -4.49. The topological polar surface area (TPSA) is 139 Å². The molecule has 43 heavy (non-hydrogen) atoms. The Hall–Kier alpha value is -4.45. The molecule has 230 valence electrons. The van der Waals surface area contributed by atoms with Gasteiger partial charge in [-0.25, -0.2) is 8.42 Å². The summed E-state index contributed by atoms with van der Waals surface area (Å²) in [5.74, 6) is -0.576. The third-order valence-corrected chi connectivity index (χ3v) is 8.48. The van der Waals surface area contributed by atoms with Crippen LogP contribution in [0.3, 0.4) is 0 Å². The van der Waals surface area contributed by atoms with Gasteiger partial charge in [-0.2, -0.15) is 0 Å². The zero-order chi connectivity index (χ0) is 32.1.